The van der Waals surface area contributed by atoms with Crippen molar-refractivity contribution in [1.82, 2.24) is 10.2 Å². The van der Waals surface area contributed by atoms with Crippen LogP contribution < -0.4 is 10.1 Å². The number of rotatable bonds is 11. The number of aryl methyl sites for hydroxylation is 2. The van der Waals surface area contributed by atoms with E-state index in [-0.39, 0.29) is 18.0 Å². The molecule has 1 aromatic rings. The average Bonchev–Trinajstić information content (AvgIpc) is 3.00. The molecule has 0 bridgehead atoms. The first-order valence-electron chi connectivity index (χ1n) is 10.8. The van der Waals surface area contributed by atoms with Crippen LogP contribution in [0.3, 0.4) is 0 Å². The quantitative estimate of drug-likeness (QED) is 0.564. The molecule has 6 heteroatoms. The number of ether oxygens (including phenoxy) is 2. The minimum atomic E-state index is -1.02. The highest BCUT2D eigenvalue weighted by Crippen LogP contribution is 2.28. The second-order valence-electron chi connectivity index (χ2n) is 8.22. The number of nitrogens with zero attached hydrogens (tertiary/aromatic N) is 1. The number of carbonyl (C=O) groups is 2. The Balaban J connectivity index is 2.04. The summed E-state index contributed by atoms with van der Waals surface area (Å²) >= 11 is 0. The lowest BCUT2D eigenvalue weighted by Gasteiger charge is -2.26. The highest BCUT2D eigenvalue weighted by Gasteiger charge is 2.32. The van der Waals surface area contributed by atoms with Crippen molar-refractivity contribution in [2.45, 2.75) is 77.9 Å². The largest absolute Gasteiger partial charge is 0.476 e. The van der Waals surface area contributed by atoms with Crippen molar-refractivity contribution >= 4 is 12.0 Å². The van der Waals surface area contributed by atoms with Crippen LogP contribution in [0.5, 0.6) is 5.75 Å². The maximum atomic E-state index is 12.2. The Kier molecular flexibility index (Phi) is 8.35. The van der Waals surface area contributed by atoms with Crippen molar-refractivity contribution in [3.8, 4) is 5.75 Å². The summed E-state index contributed by atoms with van der Waals surface area (Å²) in [6, 6.07) is 6.55. The topological polar surface area (TPSA) is 67.9 Å². The number of benzene rings is 1. The zero-order valence-corrected chi connectivity index (χ0v) is 18.5. The van der Waals surface area contributed by atoms with Crippen molar-refractivity contribution in [1.29, 1.82) is 0 Å². The fraction of sp³-hybridized carbons (Fsp3) is 0.652. The Morgan fingerprint density at radius 2 is 2.00 bits per heavy atom. The van der Waals surface area contributed by atoms with E-state index in [1.807, 2.05) is 13.1 Å². The van der Waals surface area contributed by atoms with Crippen LogP contribution in [-0.2, 0) is 22.4 Å². The van der Waals surface area contributed by atoms with Gasteiger partial charge in [-0.1, -0.05) is 25.5 Å². The second-order valence-corrected chi connectivity index (χ2v) is 8.22. The standard InChI is InChI=1S/C23H36N2O4/c1-6-8-11-18-15-17(10-9-12-19-16-24-22(27)25(19)5)13-14-20(18)29-23(3,4)21(26)28-7-2/h13-15,19H,6-12,16H2,1-5H3,(H,24,27)/t19-/m0/s1. The fourth-order valence-corrected chi connectivity index (χ4v) is 3.54. The highest BCUT2D eigenvalue weighted by molar-refractivity contribution is 5.79. The van der Waals surface area contributed by atoms with Crippen molar-refractivity contribution in [3.63, 3.8) is 0 Å². The summed E-state index contributed by atoms with van der Waals surface area (Å²) in [5, 5.41) is 2.88. The molecular weight excluding hydrogens is 368 g/mol. The molecule has 6 nitrogen and oxygen atoms in total. The minimum absolute atomic E-state index is 0.0163. The molecule has 1 N–H and O–H groups in total. The molecule has 0 radical (unpaired) electrons. The van der Waals surface area contributed by atoms with E-state index in [4.69, 9.17) is 9.47 Å². The maximum absolute atomic E-state index is 12.2. The second kappa shape index (κ2) is 10.5. The minimum Gasteiger partial charge on any atom is -0.476 e. The Bertz CT molecular complexity index is 702. The summed E-state index contributed by atoms with van der Waals surface area (Å²) in [5.74, 6) is 0.403. The van der Waals surface area contributed by atoms with Crippen molar-refractivity contribution < 1.29 is 19.1 Å². The van der Waals surface area contributed by atoms with Crippen LogP contribution in [0.15, 0.2) is 18.2 Å². The van der Waals surface area contributed by atoms with Crippen LogP contribution in [-0.4, -0.2) is 48.7 Å². The molecule has 2 rings (SSSR count). The van der Waals surface area contributed by atoms with Crippen LogP contribution in [0.2, 0.25) is 0 Å². The van der Waals surface area contributed by atoms with Crippen LogP contribution >= 0.6 is 0 Å². The molecule has 1 aliphatic rings. The predicted molar refractivity (Wildman–Crippen MR) is 114 cm³/mol. The van der Waals surface area contributed by atoms with Gasteiger partial charge in [-0.3, -0.25) is 0 Å². The van der Waals surface area contributed by atoms with Crippen LogP contribution in [0.1, 0.15) is 64.5 Å². The molecule has 1 saturated heterocycles. The lowest BCUT2D eigenvalue weighted by atomic mass is 9.99. The first-order valence-corrected chi connectivity index (χ1v) is 10.8. The van der Waals surface area contributed by atoms with Gasteiger partial charge >= 0.3 is 12.0 Å². The van der Waals surface area contributed by atoms with Gasteiger partial charge in [-0.25, -0.2) is 9.59 Å². The number of carbonyl (C=O) groups excluding carboxylic acids is 2. The molecule has 0 saturated carbocycles. The van der Waals surface area contributed by atoms with Crippen molar-refractivity contribution in [3.05, 3.63) is 29.3 Å². The van der Waals surface area contributed by atoms with E-state index in [0.29, 0.717) is 6.61 Å². The van der Waals surface area contributed by atoms with E-state index < -0.39 is 5.60 Å². The van der Waals surface area contributed by atoms with Gasteiger partial charge in [0.15, 0.2) is 5.60 Å². The lowest BCUT2D eigenvalue weighted by molar-refractivity contribution is -0.158. The molecule has 1 aromatic carbocycles. The Morgan fingerprint density at radius 3 is 2.62 bits per heavy atom. The monoisotopic (exact) mass is 404 g/mol. The zero-order valence-electron chi connectivity index (χ0n) is 18.5. The SMILES string of the molecule is CCCCc1cc(CCC[C@H]2CNC(=O)N2C)ccc1OC(C)(C)C(=O)OCC. The van der Waals surface area contributed by atoms with E-state index in [2.05, 4.69) is 24.4 Å². The first-order chi connectivity index (χ1) is 13.8. The molecule has 0 aromatic heterocycles. The molecule has 0 unspecified atom stereocenters. The van der Waals surface area contributed by atoms with E-state index in [9.17, 15) is 9.59 Å². The smallest absolute Gasteiger partial charge is 0.349 e. The van der Waals surface area contributed by atoms with Gasteiger partial charge in [0.25, 0.3) is 0 Å². The lowest BCUT2D eigenvalue weighted by Crippen LogP contribution is -2.40. The van der Waals surface area contributed by atoms with Gasteiger partial charge in [0, 0.05) is 13.6 Å². The van der Waals surface area contributed by atoms with Crippen LogP contribution in [0.4, 0.5) is 4.79 Å². The number of urea groups is 1. The van der Waals surface area contributed by atoms with Gasteiger partial charge in [-0.05, 0) is 70.1 Å². The molecule has 1 heterocycles. The summed E-state index contributed by atoms with van der Waals surface area (Å²) in [4.78, 5) is 25.6. The van der Waals surface area contributed by atoms with E-state index in [0.717, 1.165) is 56.4 Å². The number of amides is 2. The van der Waals surface area contributed by atoms with Gasteiger partial charge in [-0.2, -0.15) is 0 Å². The van der Waals surface area contributed by atoms with Gasteiger partial charge < -0.3 is 19.7 Å². The zero-order chi connectivity index (χ0) is 21.4. The third kappa shape index (κ3) is 6.38. The summed E-state index contributed by atoms with van der Waals surface area (Å²) in [6.07, 6.45) is 6.04. The number of hydrogen-bond acceptors (Lipinski definition) is 4. The van der Waals surface area contributed by atoms with E-state index >= 15 is 0 Å². The van der Waals surface area contributed by atoms with Crippen molar-refractivity contribution in [2.24, 2.45) is 0 Å². The third-order valence-corrected chi connectivity index (χ3v) is 5.42. The Morgan fingerprint density at radius 1 is 1.24 bits per heavy atom. The third-order valence-electron chi connectivity index (χ3n) is 5.42. The van der Waals surface area contributed by atoms with E-state index in [1.165, 1.54) is 5.56 Å². The Labute approximate surface area is 174 Å². The van der Waals surface area contributed by atoms with Gasteiger partial charge in [0.05, 0.1) is 12.6 Å². The molecule has 1 aliphatic heterocycles. The predicted octanol–water partition coefficient (Wildman–Crippen LogP) is 4.10. The summed E-state index contributed by atoms with van der Waals surface area (Å²) in [5.41, 5.74) is 1.37. The number of hydrogen-bond donors (Lipinski definition) is 1. The van der Waals surface area contributed by atoms with Crippen molar-refractivity contribution in [2.75, 3.05) is 20.2 Å². The number of nitrogens with one attached hydrogen (secondary N) is 1. The van der Waals surface area contributed by atoms with E-state index in [1.54, 1.807) is 25.7 Å². The molecule has 0 aliphatic carbocycles. The van der Waals surface area contributed by atoms with Gasteiger partial charge in [0.2, 0.25) is 0 Å². The van der Waals surface area contributed by atoms with Gasteiger partial charge in [0.1, 0.15) is 5.75 Å². The molecule has 162 valence electrons. The molecule has 29 heavy (non-hydrogen) atoms. The molecule has 2 amide bonds. The number of unbranched alkanes of at least 4 members (excludes halogenated alkanes) is 1. The summed E-state index contributed by atoms with van der Waals surface area (Å²) in [6.45, 7) is 8.52. The summed E-state index contributed by atoms with van der Waals surface area (Å²) < 4.78 is 11.2. The molecule has 0 spiro atoms. The molecule has 1 fully saturated rings. The first kappa shape index (κ1) is 23.0. The van der Waals surface area contributed by atoms with Gasteiger partial charge in [-0.15, -0.1) is 0 Å². The maximum Gasteiger partial charge on any atom is 0.349 e. The normalized spacial score (nSPS) is 16.7. The summed E-state index contributed by atoms with van der Waals surface area (Å²) in [7, 11) is 1.85. The Hall–Kier alpha value is -2.24. The molecule has 1 atom stereocenters. The number of esters is 1. The molecular formula is C23H36N2O4. The fourth-order valence-electron chi connectivity index (χ4n) is 3.54. The highest BCUT2D eigenvalue weighted by atomic mass is 16.6. The number of likely N-dealkylation sites (N-methyl/N-ethyl adjacent to an activating group) is 1. The average molecular weight is 405 g/mol. The van der Waals surface area contributed by atoms with Crippen LogP contribution in [0, 0.1) is 0 Å². The van der Waals surface area contributed by atoms with Crippen LogP contribution in [0.25, 0.3) is 0 Å².